The molecule has 24 heavy (non-hydrogen) atoms. The van der Waals surface area contributed by atoms with E-state index in [1.165, 1.54) is 62.6 Å². The Kier molecular flexibility index (Phi) is 4.66. The molecule has 2 saturated carbocycles. The lowest BCUT2D eigenvalue weighted by atomic mass is 9.65. The molecule has 126 valence electrons. The number of pyridine rings is 1. The maximum atomic E-state index is 4.23. The molecule has 1 unspecified atom stereocenters. The van der Waals surface area contributed by atoms with Crippen LogP contribution in [0.3, 0.4) is 0 Å². The van der Waals surface area contributed by atoms with E-state index in [0.29, 0.717) is 11.5 Å². The van der Waals surface area contributed by atoms with Crippen molar-refractivity contribution >= 4 is 0 Å². The summed E-state index contributed by atoms with van der Waals surface area (Å²) in [5.41, 5.74) is 3.46. The van der Waals surface area contributed by atoms with Crippen molar-refractivity contribution in [2.24, 2.45) is 5.41 Å². The second-order valence-electron chi connectivity index (χ2n) is 7.81. The molecule has 0 saturated heterocycles. The number of nitrogens with one attached hydrogen (secondary N) is 1. The van der Waals surface area contributed by atoms with Gasteiger partial charge in [-0.3, -0.25) is 4.98 Å². The first-order valence-corrected chi connectivity index (χ1v) is 9.52. The molecule has 4 rings (SSSR count). The molecule has 2 fully saturated rings. The summed E-state index contributed by atoms with van der Waals surface area (Å²) in [7, 11) is 0. The molecule has 2 atom stereocenters. The number of benzene rings is 1. The largest absolute Gasteiger partial charge is 0.313 e. The summed E-state index contributed by atoms with van der Waals surface area (Å²) in [5.74, 6) is 0.749. The molecule has 2 nitrogen and oxygen atoms in total. The van der Waals surface area contributed by atoms with Crippen LogP contribution in [0.25, 0.3) is 0 Å². The van der Waals surface area contributed by atoms with Gasteiger partial charge in [0.2, 0.25) is 0 Å². The highest BCUT2D eigenvalue weighted by molar-refractivity contribution is 5.27. The number of aromatic nitrogens is 1. The SMILES string of the molecule is c1ccc(C2C[C@@H]2NCC2(CCCc3cccnc3)CCC2)cc1. The van der Waals surface area contributed by atoms with Crippen molar-refractivity contribution in [2.75, 3.05) is 6.54 Å². The van der Waals surface area contributed by atoms with Crippen molar-refractivity contribution in [3.8, 4) is 0 Å². The fraction of sp³-hybridized carbons (Fsp3) is 0.500. The topological polar surface area (TPSA) is 24.9 Å². The molecule has 0 spiro atoms. The zero-order valence-electron chi connectivity index (χ0n) is 14.5. The van der Waals surface area contributed by atoms with Gasteiger partial charge in [-0.1, -0.05) is 42.8 Å². The predicted molar refractivity (Wildman–Crippen MR) is 99.0 cm³/mol. The van der Waals surface area contributed by atoms with Crippen LogP contribution in [0, 0.1) is 5.41 Å². The van der Waals surface area contributed by atoms with Gasteiger partial charge < -0.3 is 5.32 Å². The van der Waals surface area contributed by atoms with Crippen LogP contribution in [0.5, 0.6) is 0 Å². The summed E-state index contributed by atoms with van der Waals surface area (Å²) >= 11 is 0. The molecule has 0 amide bonds. The second-order valence-corrected chi connectivity index (χ2v) is 7.81. The molecular formula is C22H28N2. The van der Waals surface area contributed by atoms with E-state index in [0.717, 1.165) is 5.92 Å². The highest BCUT2D eigenvalue weighted by Gasteiger charge is 2.42. The number of hydrogen-bond donors (Lipinski definition) is 1. The van der Waals surface area contributed by atoms with E-state index >= 15 is 0 Å². The van der Waals surface area contributed by atoms with Gasteiger partial charge in [-0.2, -0.15) is 0 Å². The Bertz CT molecular complexity index is 634. The smallest absolute Gasteiger partial charge is 0.0299 e. The number of nitrogens with zero attached hydrogens (tertiary/aromatic N) is 1. The summed E-state index contributed by atoms with van der Waals surface area (Å²) in [6, 6.07) is 16.0. The van der Waals surface area contributed by atoms with Crippen LogP contribution >= 0.6 is 0 Å². The molecule has 2 aliphatic carbocycles. The van der Waals surface area contributed by atoms with E-state index in [1.807, 2.05) is 18.5 Å². The Labute approximate surface area is 145 Å². The lowest BCUT2D eigenvalue weighted by Crippen LogP contribution is -2.41. The van der Waals surface area contributed by atoms with Gasteiger partial charge in [-0.15, -0.1) is 0 Å². The van der Waals surface area contributed by atoms with Crippen molar-refractivity contribution in [1.29, 1.82) is 0 Å². The molecule has 0 radical (unpaired) electrons. The summed E-state index contributed by atoms with van der Waals surface area (Å²) in [6.07, 6.45) is 13.3. The van der Waals surface area contributed by atoms with E-state index in [2.05, 4.69) is 46.7 Å². The third-order valence-corrected chi connectivity index (χ3v) is 6.07. The van der Waals surface area contributed by atoms with E-state index in [9.17, 15) is 0 Å². The van der Waals surface area contributed by atoms with E-state index in [-0.39, 0.29) is 0 Å². The first kappa shape index (κ1) is 15.8. The van der Waals surface area contributed by atoms with Gasteiger partial charge in [-0.25, -0.2) is 0 Å². The monoisotopic (exact) mass is 320 g/mol. The molecule has 2 heteroatoms. The van der Waals surface area contributed by atoms with Crippen molar-refractivity contribution in [2.45, 2.75) is 56.9 Å². The van der Waals surface area contributed by atoms with E-state index in [4.69, 9.17) is 0 Å². The normalized spacial score (nSPS) is 24.3. The van der Waals surface area contributed by atoms with Crippen LogP contribution in [0.2, 0.25) is 0 Å². The van der Waals surface area contributed by atoms with Crippen LogP contribution in [0.1, 0.15) is 55.6 Å². The molecule has 1 aromatic carbocycles. The quantitative estimate of drug-likeness (QED) is 0.761. The highest BCUT2D eigenvalue weighted by atomic mass is 15.0. The van der Waals surface area contributed by atoms with Gasteiger partial charge in [0.05, 0.1) is 0 Å². The maximum Gasteiger partial charge on any atom is 0.0299 e. The van der Waals surface area contributed by atoms with Gasteiger partial charge >= 0.3 is 0 Å². The Morgan fingerprint density at radius 1 is 1.08 bits per heavy atom. The standard InChI is InChI=1S/C22H28N2/c1-2-9-19(10-3-1)20-15-21(20)24-17-22(12-6-13-22)11-4-7-18-8-5-14-23-16-18/h1-3,5,8-10,14,16,20-21,24H,4,6-7,11-13,15,17H2/t20?,21-/m0/s1. The third-order valence-electron chi connectivity index (χ3n) is 6.07. The van der Waals surface area contributed by atoms with E-state index in [1.54, 1.807) is 0 Å². The van der Waals surface area contributed by atoms with Gasteiger partial charge in [0.25, 0.3) is 0 Å². The average Bonchev–Trinajstić information content (AvgIpc) is 3.38. The molecule has 2 aliphatic rings. The average molecular weight is 320 g/mol. The first-order chi connectivity index (χ1) is 11.8. The van der Waals surface area contributed by atoms with Crippen molar-refractivity contribution < 1.29 is 0 Å². The first-order valence-electron chi connectivity index (χ1n) is 9.52. The molecule has 0 aliphatic heterocycles. The molecule has 1 N–H and O–H groups in total. The van der Waals surface area contributed by atoms with Crippen LogP contribution in [0.4, 0.5) is 0 Å². The fourth-order valence-electron chi connectivity index (χ4n) is 4.24. The minimum atomic E-state index is 0.575. The van der Waals surface area contributed by atoms with Crippen LogP contribution in [0.15, 0.2) is 54.9 Å². The Balaban J connectivity index is 1.23. The molecule has 1 aromatic heterocycles. The number of hydrogen-bond acceptors (Lipinski definition) is 2. The van der Waals surface area contributed by atoms with Crippen LogP contribution in [-0.2, 0) is 6.42 Å². The highest BCUT2D eigenvalue weighted by Crippen LogP contribution is 2.46. The van der Waals surface area contributed by atoms with Crippen molar-refractivity contribution in [3.05, 3.63) is 66.0 Å². The Morgan fingerprint density at radius 2 is 1.96 bits per heavy atom. The molecule has 2 aromatic rings. The van der Waals surface area contributed by atoms with Gasteiger partial charge in [0.1, 0.15) is 0 Å². The molecular weight excluding hydrogens is 292 g/mol. The van der Waals surface area contributed by atoms with Crippen molar-refractivity contribution in [1.82, 2.24) is 10.3 Å². The molecule has 0 bridgehead atoms. The predicted octanol–water partition coefficient (Wildman–Crippen LogP) is 4.72. The summed E-state index contributed by atoms with van der Waals surface area (Å²) in [4.78, 5) is 4.23. The van der Waals surface area contributed by atoms with Gasteiger partial charge in [0.15, 0.2) is 0 Å². The lowest BCUT2D eigenvalue weighted by molar-refractivity contribution is 0.113. The Morgan fingerprint density at radius 3 is 2.67 bits per heavy atom. The van der Waals surface area contributed by atoms with Crippen LogP contribution < -0.4 is 5.32 Å². The van der Waals surface area contributed by atoms with Crippen molar-refractivity contribution in [3.63, 3.8) is 0 Å². The minimum absolute atomic E-state index is 0.575. The maximum absolute atomic E-state index is 4.23. The number of rotatable bonds is 8. The number of aryl methyl sites for hydroxylation is 1. The summed E-state index contributed by atoms with van der Waals surface area (Å²) in [6.45, 7) is 1.22. The molecule has 1 heterocycles. The minimum Gasteiger partial charge on any atom is -0.313 e. The van der Waals surface area contributed by atoms with E-state index < -0.39 is 0 Å². The zero-order valence-corrected chi connectivity index (χ0v) is 14.5. The Hall–Kier alpha value is -1.67. The zero-order chi connectivity index (χ0) is 16.2. The van der Waals surface area contributed by atoms with Crippen LogP contribution in [-0.4, -0.2) is 17.6 Å². The summed E-state index contributed by atoms with van der Waals surface area (Å²) in [5, 5.41) is 3.88. The van der Waals surface area contributed by atoms with Gasteiger partial charge in [-0.05, 0) is 61.1 Å². The lowest BCUT2D eigenvalue weighted by Gasteiger charge is -2.42. The van der Waals surface area contributed by atoms with Gasteiger partial charge in [0, 0.05) is 30.9 Å². The summed E-state index contributed by atoms with van der Waals surface area (Å²) < 4.78 is 0. The third kappa shape index (κ3) is 3.70. The second kappa shape index (κ2) is 7.06. The fourth-order valence-corrected chi connectivity index (χ4v) is 4.24.